The maximum Gasteiger partial charge on any atom is 0.317 e. The highest BCUT2D eigenvalue weighted by atomic mass is 16.5. The molecule has 0 aromatic heterocycles. The number of carbonyl (C=O) groups excluding carboxylic acids is 3. The molecule has 4 fully saturated rings. The summed E-state index contributed by atoms with van der Waals surface area (Å²) in [5.41, 5.74) is 2.89. The second-order valence-electron chi connectivity index (χ2n) is 19.8. The first-order valence-electron chi connectivity index (χ1n) is 20.3. The normalized spacial score (nSPS) is 35.4. The molecule has 0 aliphatic heterocycles. The van der Waals surface area contributed by atoms with E-state index >= 15 is 0 Å². The Labute approximate surface area is 312 Å². The van der Waals surface area contributed by atoms with Gasteiger partial charge in [0.15, 0.2) is 5.78 Å². The van der Waals surface area contributed by atoms with Gasteiger partial charge in [0.05, 0.1) is 13.0 Å². The quantitative estimate of drug-likeness (QED) is 0.170. The topological polar surface area (TPSA) is 101 Å². The predicted octanol–water partition coefficient (Wildman–Crippen LogP) is 9.08. The van der Waals surface area contributed by atoms with Crippen LogP contribution in [0.2, 0.25) is 0 Å². The van der Waals surface area contributed by atoms with Crippen LogP contribution >= 0.6 is 0 Å². The van der Waals surface area contributed by atoms with Crippen LogP contribution in [-0.4, -0.2) is 53.2 Å². The summed E-state index contributed by atoms with van der Waals surface area (Å²) in [6.45, 7) is 19.0. The molecule has 52 heavy (non-hydrogen) atoms. The van der Waals surface area contributed by atoms with E-state index in [0.29, 0.717) is 49.0 Å². The summed E-state index contributed by atoms with van der Waals surface area (Å²) in [5.74, 6) is 1.34. The molecule has 7 nitrogen and oxygen atoms in total. The molecule has 0 bridgehead atoms. The van der Waals surface area contributed by atoms with Crippen molar-refractivity contribution in [3.63, 3.8) is 0 Å². The Morgan fingerprint density at radius 2 is 1.65 bits per heavy atom. The number of benzene rings is 1. The summed E-state index contributed by atoms with van der Waals surface area (Å²) in [4.78, 5) is 52.6. The molecule has 0 radical (unpaired) electrons. The van der Waals surface area contributed by atoms with Crippen molar-refractivity contribution in [1.29, 1.82) is 0 Å². The van der Waals surface area contributed by atoms with E-state index in [1.54, 1.807) is 13.8 Å². The lowest BCUT2D eigenvalue weighted by atomic mass is 9.36. The summed E-state index contributed by atoms with van der Waals surface area (Å²) in [7, 11) is 0. The van der Waals surface area contributed by atoms with Crippen molar-refractivity contribution in [2.24, 2.45) is 56.7 Å². The Bertz CT molecular complexity index is 1580. The molecule has 1 aromatic rings. The lowest BCUT2D eigenvalue weighted by Crippen LogP contribution is -2.63. The van der Waals surface area contributed by atoms with Crippen LogP contribution in [-0.2, 0) is 30.5 Å². The number of esters is 1. The number of nitrogens with zero attached hydrogens (tertiary/aromatic N) is 1. The van der Waals surface area contributed by atoms with E-state index in [-0.39, 0.29) is 52.6 Å². The van der Waals surface area contributed by atoms with Crippen LogP contribution in [0.4, 0.5) is 0 Å². The Hall–Kier alpha value is -2.80. The van der Waals surface area contributed by atoms with Gasteiger partial charge >= 0.3 is 11.9 Å². The molecule has 1 aromatic carbocycles. The van der Waals surface area contributed by atoms with Crippen LogP contribution in [0, 0.1) is 56.7 Å². The number of carboxylic acid groups (broad SMARTS) is 1. The van der Waals surface area contributed by atoms with Gasteiger partial charge in [-0.3, -0.25) is 19.3 Å². The molecule has 0 heterocycles. The number of rotatable bonds is 12. The number of ketones is 1. The minimum Gasteiger partial charge on any atom is -0.480 e. The molecule has 7 heteroatoms. The number of aldehydes is 1. The summed E-state index contributed by atoms with van der Waals surface area (Å²) in [6.07, 6.45) is 10.7. The summed E-state index contributed by atoms with van der Waals surface area (Å²) >= 11 is 0. The number of hydrogen-bond donors (Lipinski definition) is 1. The average molecular weight is 716 g/mol. The van der Waals surface area contributed by atoms with E-state index in [2.05, 4.69) is 58.6 Å². The van der Waals surface area contributed by atoms with Crippen molar-refractivity contribution >= 4 is 24.0 Å². The molecule has 5 aliphatic carbocycles. The largest absolute Gasteiger partial charge is 0.480 e. The lowest BCUT2D eigenvalue weighted by Gasteiger charge is -2.69. The first kappa shape index (κ1) is 38.9. The van der Waals surface area contributed by atoms with Crippen molar-refractivity contribution in [2.75, 3.05) is 13.1 Å². The number of fused-ring (bicyclic) bond motifs is 7. The number of carbonyl (C=O) groups is 4. The third-order valence-corrected chi connectivity index (χ3v) is 15.4. The molecule has 0 spiro atoms. The van der Waals surface area contributed by atoms with Gasteiger partial charge in [-0.2, -0.15) is 0 Å². The van der Waals surface area contributed by atoms with Gasteiger partial charge in [-0.1, -0.05) is 91.3 Å². The first-order chi connectivity index (χ1) is 24.4. The monoisotopic (exact) mass is 715 g/mol. The van der Waals surface area contributed by atoms with E-state index in [4.69, 9.17) is 4.74 Å². The molecule has 8 atom stereocenters. The van der Waals surface area contributed by atoms with E-state index in [1.807, 2.05) is 18.2 Å². The van der Waals surface area contributed by atoms with E-state index < -0.39 is 11.4 Å². The number of allylic oxidation sites excluding steroid dienone is 2. The molecule has 0 saturated heterocycles. The van der Waals surface area contributed by atoms with Gasteiger partial charge in [0.25, 0.3) is 0 Å². The van der Waals surface area contributed by atoms with Crippen LogP contribution in [0.3, 0.4) is 0 Å². The highest BCUT2D eigenvalue weighted by Crippen LogP contribution is 2.73. The Balaban J connectivity index is 1.25. The van der Waals surface area contributed by atoms with E-state index in [1.165, 1.54) is 5.57 Å². The molecule has 6 rings (SSSR count). The molecular formula is C45H65NO6. The third-order valence-electron chi connectivity index (χ3n) is 15.4. The SMILES string of the molecule is CC(C)C1=C2C3CCC4C(C)(CCC5C(C)(C)C(OC(=O)CC(C)(C)C=O)CCC54C)C3CCC2(CCN(CC(=O)O)Cc2ccccc2)CC1=O. The maximum absolute atomic E-state index is 14.0. The second kappa shape index (κ2) is 14.1. The fourth-order valence-corrected chi connectivity index (χ4v) is 13.2. The van der Waals surface area contributed by atoms with Crippen molar-refractivity contribution in [1.82, 2.24) is 4.90 Å². The number of Topliss-reactive ketones (excluding diaryl/α,β-unsaturated/α-hetero) is 1. The maximum atomic E-state index is 14.0. The zero-order valence-electron chi connectivity index (χ0n) is 33.3. The number of carboxylic acids is 1. The predicted molar refractivity (Wildman–Crippen MR) is 203 cm³/mol. The molecule has 286 valence electrons. The van der Waals surface area contributed by atoms with Crippen molar-refractivity contribution in [2.45, 2.75) is 139 Å². The summed E-state index contributed by atoms with van der Waals surface area (Å²) < 4.78 is 6.21. The molecule has 5 aliphatic rings. The highest BCUT2D eigenvalue weighted by molar-refractivity contribution is 6.00. The second-order valence-corrected chi connectivity index (χ2v) is 19.8. The van der Waals surface area contributed by atoms with Gasteiger partial charge in [0, 0.05) is 29.2 Å². The Kier molecular flexibility index (Phi) is 10.6. The van der Waals surface area contributed by atoms with Crippen LogP contribution in [0.1, 0.15) is 132 Å². The van der Waals surface area contributed by atoms with Gasteiger partial charge in [0.2, 0.25) is 0 Å². The van der Waals surface area contributed by atoms with Crippen LogP contribution in [0.15, 0.2) is 41.5 Å². The zero-order chi connectivity index (χ0) is 37.9. The van der Waals surface area contributed by atoms with Gasteiger partial charge in [-0.25, -0.2) is 0 Å². The van der Waals surface area contributed by atoms with Crippen molar-refractivity contribution in [3.05, 3.63) is 47.0 Å². The summed E-state index contributed by atoms with van der Waals surface area (Å²) in [6, 6.07) is 10.1. The fourth-order valence-electron chi connectivity index (χ4n) is 13.2. The van der Waals surface area contributed by atoms with Crippen molar-refractivity contribution < 1.29 is 29.0 Å². The van der Waals surface area contributed by atoms with Crippen molar-refractivity contribution in [3.8, 4) is 0 Å². The van der Waals surface area contributed by atoms with Crippen LogP contribution in [0.25, 0.3) is 0 Å². The molecular weight excluding hydrogens is 650 g/mol. The first-order valence-corrected chi connectivity index (χ1v) is 20.3. The smallest absolute Gasteiger partial charge is 0.317 e. The van der Waals surface area contributed by atoms with Crippen LogP contribution < -0.4 is 0 Å². The number of hydrogen-bond acceptors (Lipinski definition) is 6. The van der Waals surface area contributed by atoms with Gasteiger partial charge in [0.1, 0.15) is 12.4 Å². The third kappa shape index (κ3) is 6.86. The molecule has 4 saturated carbocycles. The minimum atomic E-state index is -0.814. The Morgan fingerprint density at radius 3 is 2.31 bits per heavy atom. The van der Waals surface area contributed by atoms with Gasteiger partial charge in [-0.05, 0) is 116 Å². The number of aliphatic carboxylic acids is 1. The standard InChI is InChI=1S/C45H65NO6/c1-29(2)39-33(48)24-45(22-23-46(27-37(49)50)26-30-12-10-9-11-13-30)21-16-32-31(40(39)45)14-15-35-43(32,7)19-17-34-42(5,6)36(18-20-44(34,35)8)52-38(51)25-41(3,4)28-47/h9-13,28-29,31-32,34-36H,14-27H2,1-8H3,(H,49,50). The molecule has 0 amide bonds. The van der Waals surface area contributed by atoms with E-state index in [0.717, 1.165) is 75.2 Å². The summed E-state index contributed by atoms with van der Waals surface area (Å²) in [5, 5.41) is 9.83. The lowest BCUT2D eigenvalue weighted by molar-refractivity contribution is -0.213. The molecule has 8 unspecified atom stereocenters. The average Bonchev–Trinajstić information content (AvgIpc) is 3.37. The van der Waals surface area contributed by atoms with Gasteiger partial charge < -0.3 is 14.6 Å². The molecule has 1 N–H and O–H groups in total. The fraction of sp³-hybridized carbons (Fsp3) is 0.733. The van der Waals surface area contributed by atoms with Crippen LogP contribution in [0.5, 0.6) is 0 Å². The highest BCUT2D eigenvalue weighted by Gasteiger charge is 2.66. The zero-order valence-corrected chi connectivity index (χ0v) is 33.3. The number of ether oxygens (including phenoxy) is 1. The Morgan fingerprint density at radius 1 is 0.962 bits per heavy atom. The van der Waals surface area contributed by atoms with Gasteiger partial charge in [-0.15, -0.1) is 0 Å². The minimum absolute atomic E-state index is 0.00625. The van der Waals surface area contributed by atoms with E-state index in [9.17, 15) is 24.3 Å².